The lowest BCUT2D eigenvalue weighted by atomic mass is 10.1. The van der Waals surface area contributed by atoms with Crippen LogP contribution in [0.15, 0.2) is 109 Å². The standard InChI is InChI=1S/C63H104O6/c1-4-7-10-13-16-19-22-25-27-29-30-31-32-34-35-38-41-44-47-50-53-56-62(65)68-59-60(58-67-61(64)55-52-49-46-43-40-37-24-21-18-15-12-9-6-3)69-63(66)57-54-51-48-45-42-39-36-33-28-26-23-20-17-14-11-8-5-2/h7,10,12,15-16,19,21,24-28,30-31,34-35,41,44,60H,4-6,8-9,11,13-14,17-18,20,22-23,29,32-33,36-40,42-43,45-59H2,1-3H3/b10-7-,15-12-,19-16-,24-21-,27-25-,28-26-,31-30-,35-34-,44-41-. The van der Waals surface area contributed by atoms with Crippen LogP contribution in [0.3, 0.4) is 0 Å². The highest BCUT2D eigenvalue weighted by atomic mass is 16.6. The number of ether oxygens (including phenoxy) is 3. The van der Waals surface area contributed by atoms with E-state index in [2.05, 4.69) is 130 Å². The van der Waals surface area contributed by atoms with E-state index in [1.165, 1.54) is 83.5 Å². The molecule has 0 saturated carbocycles. The van der Waals surface area contributed by atoms with Gasteiger partial charge in [-0.15, -0.1) is 0 Å². The van der Waals surface area contributed by atoms with E-state index in [1.807, 2.05) is 0 Å². The van der Waals surface area contributed by atoms with Gasteiger partial charge in [0, 0.05) is 19.3 Å². The van der Waals surface area contributed by atoms with Crippen LogP contribution in [-0.2, 0) is 28.6 Å². The number of carbonyl (C=O) groups excluding carboxylic acids is 3. The molecule has 0 aliphatic rings. The molecule has 6 nitrogen and oxygen atoms in total. The van der Waals surface area contributed by atoms with E-state index in [9.17, 15) is 14.4 Å². The molecule has 0 aromatic rings. The van der Waals surface area contributed by atoms with Crippen molar-refractivity contribution in [3.8, 4) is 0 Å². The van der Waals surface area contributed by atoms with Gasteiger partial charge in [-0.3, -0.25) is 14.4 Å². The Hall–Kier alpha value is -3.93. The molecular weight excluding hydrogens is 853 g/mol. The maximum absolute atomic E-state index is 12.8. The minimum Gasteiger partial charge on any atom is -0.462 e. The van der Waals surface area contributed by atoms with Gasteiger partial charge in [0.25, 0.3) is 0 Å². The van der Waals surface area contributed by atoms with Crippen molar-refractivity contribution in [2.75, 3.05) is 13.2 Å². The van der Waals surface area contributed by atoms with Gasteiger partial charge >= 0.3 is 17.9 Å². The Labute approximate surface area is 425 Å². The molecule has 0 heterocycles. The molecule has 0 saturated heterocycles. The van der Waals surface area contributed by atoms with Crippen LogP contribution < -0.4 is 0 Å². The maximum atomic E-state index is 12.8. The van der Waals surface area contributed by atoms with Gasteiger partial charge in [-0.05, 0) is 122 Å². The second-order valence-corrected chi connectivity index (χ2v) is 18.5. The van der Waals surface area contributed by atoms with Crippen LogP contribution in [0.2, 0.25) is 0 Å². The molecule has 0 aliphatic heterocycles. The van der Waals surface area contributed by atoms with E-state index in [4.69, 9.17) is 14.2 Å². The first-order chi connectivity index (χ1) is 34.0. The summed E-state index contributed by atoms with van der Waals surface area (Å²) in [6.45, 7) is 6.40. The second kappa shape index (κ2) is 56.7. The van der Waals surface area contributed by atoms with E-state index >= 15 is 0 Å². The van der Waals surface area contributed by atoms with E-state index < -0.39 is 6.10 Å². The predicted octanol–water partition coefficient (Wildman–Crippen LogP) is 19.1. The van der Waals surface area contributed by atoms with Crippen molar-refractivity contribution in [3.63, 3.8) is 0 Å². The molecule has 0 rings (SSSR count). The molecule has 0 aromatic carbocycles. The normalized spacial score (nSPS) is 12.9. The zero-order chi connectivity index (χ0) is 50.0. The molecular formula is C63H104O6. The van der Waals surface area contributed by atoms with Crippen molar-refractivity contribution in [1.82, 2.24) is 0 Å². The average molecular weight is 958 g/mol. The smallest absolute Gasteiger partial charge is 0.306 e. The molecule has 6 heteroatoms. The first-order valence-corrected chi connectivity index (χ1v) is 28.4. The lowest BCUT2D eigenvalue weighted by molar-refractivity contribution is -0.167. The summed E-state index contributed by atoms with van der Waals surface area (Å²) in [5, 5.41) is 0. The number of hydrogen-bond acceptors (Lipinski definition) is 6. The molecule has 69 heavy (non-hydrogen) atoms. The second-order valence-electron chi connectivity index (χ2n) is 18.5. The van der Waals surface area contributed by atoms with Crippen LogP contribution in [0.25, 0.3) is 0 Å². The fourth-order valence-electron chi connectivity index (χ4n) is 7.48. The van der Waals surface area contributed by atoms with Crippen molar-refractivity contribution >= 4 is 17.9 Å². The lowest BCUT2D eigenvalue weighted by Gasteiger charge is -2.18. The third-order valence-corrected chi connectivity index (χ3v) is 11.7. The number of allylic oxidation sites excluding steroid dienone is 18. The van der Waals surface area contributed by atoms with Crippen molar-refractivity contribution in [3.05, 3.63) is 109 Å². The van der Waals surface area contributed by atoms with Crippen molar-refractivity contribution < 1.29 is 28.6 Å². The van der Waals surface area contributed by atoms with Gasteiger partial charge in [0.05, 0.1) is 0 Å². The molecule has 1 atom stereocenters. The number of carbonyl (C=O) groups is 3. The van der Waals surface area contributed by atoms with Crippen molar-refractivity contribution in [1.29, 1.82) is 0 Å². The molecule has 1 unspecified atom stereocenters. The summed E-state index contributed by atoms with van der Waals surface area (Å²) < 4.78 is 16.8. The van der Waals surface area contributed by atoms with E-state index in [-0.39, 0.29) is 31.1 Å². The highest BCUT2D eigenvalue weighted by molar-refractivity contribution is 5.71. The lowest BCUT2D eigenvalue weighted by Crippen LogP contribution is -2.30. The summed E-state index contributed by atoms with van der Waals surface area (Å²) in [7, 11) is 0. The van der Waals surface area contributed by atoms with Crippen LogP contribution in [-0.4, -0.2) is 37.2 Å². The summed E-state index contributed by atoms with van der Waals surface area (Å²) in [6.07, 6.45) is 76.5. The van der Waals surface area contributed by atoms with E-state index in [1.54, 1.807) is 0 Å². The Morgan fingerprint density at radius 3 is 0.986 bits per heavy atom. The Balaban J connectivity index is 4.48. The molecule has 0 amide bonds. The Morgan fingerprint density at radius 2 is 0.594 bits per heavy atom. The van der Waals surface area contributed by atoms with Crippen molar-refractivity contribution in [2.24, 2.45) is 0 Å². The zero-order valence-electron chi connectivity index (χ0n) is 44.8. The molecule has 0 aromatic heterocycles. The summed E-state index contributed by atoms with van der Waals surface area (Å²) in [5.74, 6) is -0.965. The van der Waals surface area contributed by atoms with Gasteiger partial charge in [0.2, 0.25) is 0 Å². The molecule has 0 radical (unpaired) electrons. The molecule has 0 fully saturated rings. The van der Waals surface area contributed by atoms with Crippen LogP contribution in [0.5, 0.6) is 0 Å². The molecule has 0 N–H and O–H groups in total. The minimum atomic E-state index is -0.806. The van der Waals surface area contributed by atoms with Gasteiger partial charge in [-0.2, -0.15) is 0 Å². The maximum Gasteiger partial charge on any atom is 0.306 e. The molecule has 0 bridgehead atoms. The fourth-order valence-corrected chi connectivity index (χ4v) is 7.48. The van der Waals surface area contributed by atoms with Crippen LogP contribution in [0.4, 0.5) is 0 Å². The van der Waals surface area contributed by atoms with Crippen LogP contribution in [0.1, 0.15) is 252 Å². The number of rotatable bonds is 50. The van der Waals surface area contributed by atoms with Crippen LogP contribution >= 0.6 is 0 Å². The third kappa shape index (κ3) is 54.9. The van der Waals surface area contributed by atoms with Crippen molar-refractivity contribution in [2.45, 2.75) is 258 Å². The Bertz CT molecular complexity index is 1420. The quantitative estimate of drug-likeness (QED) is 0.0262. The van der Waals surface area contributed by atoms with Gasteiger partial charge < -0.3 is 14.2 Å². The Morgan fingerprint density at radius 1 is 0.304 bits per heavy atom. The van der Waals surface area contributed by atoms with Gasteiger partial charge in [0.15, 0.2) is 6.10 Å². The average Bonchev–Trinajstić information content (AvgIpc) is 3.35. The first-order valence-electron chi connectivity index (χ1n) is 28.4. The SMILES string of the molecule is CC/C=C\C/C=C\C/C=C\C/C=C\C/C=C\C/C=C\CCCCC(=O)OCC(COC(=O)CCCCCCC/C=C\C/C=C\CCC)OC(=O)CCCCCCCCC/C=C\CCCCCCCC. The number of unbranched alkanes of at least 4 members (excludes halogenated alkanes) is 21. The van der Waals surface area contributed by atoms with Crippen LogP contribution in [0, 0.1) is 0 Å². The molecule has 392 valence electrons. The molecule has 0 aliphatic carbocycles. The third-order valence-electron chi connectivity index (χ3n) is 11.7. The summed E-state index contributed by atoms with van der Waals surface area (Å²) in [4.78, 5) is 38.1. The summed E-state index contributed by atoms with van der Waals surface area (Å²) in [5.41, 5.74) is 0. The number of esters is 3. The Kier molecular flexibility index (Phi) is 53.4. The van der Waals surface area contributed by atoms with Gasteiger partial charge in [-0.1, -0.05) is 220 Å². The zero-order valence-corrected chi connectivity index (χ0v) is 44.8. The highest BCUT2D eigenvalue weighted by Crippen LogP contribution is 2.14. The largest absolute Gasteiger partial charge is 0.462 e. The monoisotopic (exact) mass is 957 g/mol. The van der Waals surface area contributed by atoms with Gasteiger partial charge in [-0.25, -0.2) is 0 Å². The first kappa shape index (κ1) is 65.1. The fraction of sp³-hybridized carbons (Fsp3) is 0.667. The minimum absolute atomic E-state index is 0.102. The van der Waals surface area contributed by atoms with E-state index in [0.717, 1.165) is 122 Å². The summed E-state index contributed by atoms with van der Waals surface area (Å²) >= 11 is 0. The summed E-state index contributed by atoms with van der Waals surface area (Å²) in [6, 6.07) is 0. The van der Waals surface area contributed by atoms with E-state index in [0.29, 0.717) is 25.7 Å². The topological polar surface area (TPSA) is 78.9 Å². The predicted molar refractivity (Wildman–Crippen MR) is 297 cm³/mol. The highest BCUT2D eigenvalue weighted by Gasteiger charge is 2.19. The number of hydrogen-bond donors (Lipinski definition) is 0. The molecule has 0 spiro atoms. The van der Waals surface area contributed by atoms with Gasteiger partial charge in [0.1, 0.15) is 13.2 Å².